The number of aromatic nitrogens is 1. The first kappa shape index (κ1) is 23.4. The average Bonchev–Trinajstić information content (AvgIpc) is 3.35. The average molecular weight is 468 g/mol. The van der Waals surface area contributed by atoms with Gasteiger partial charge in [0.25, 0.3) is 5.91 Å². The van der Waals surface area contributed by atoms with Gasteiger partial charge in [0.1, 0.15) is 11.6 Å². The Balaban J connectivity index is 1.74. The summed E-state index contributed by atoms with van der Waals surface area (Å²) in [6, 6.07) is 1.90. The fraction of sp³-hybridized carbons (Fsp3) is 0.478. The molecule has 5 nitrogen and oxygen atoms in total. The van der Waals surface area contributed by atoms with Crippen molar-refractivity contribution in [2.24, 2.45) is 0 Å². The number of nitrogens with zero attached hydrogens (tertiary/aromatic N) is 2. The summed E-state index contributed by atoms with van der Waals surface area (Å²) in [6.45, 7) is 3.31. The van der Waals surface area contributed by atoms with E-state index in [2.05, 4.69) is 15.6 Å². The Morgan fingerprint density at radius 3 is 2.58 bits per heavy atom. The highest BCUT2D eigenvalue weighted by Crippen LogP contribution is 2.40. The molecule has 1 amide bonds. The van der Waals surface area contributed by atoms with Crippen molar-refractivity contribution in [2.75, 3.05) is 24.5 Å². The fourth-order valence-corrected chi connectivity index (χ4v) is 4.86. The molecule has 0 bridgehead atoms. The molecule has 178 valence electrons. The minimum Gasteiger partial charge on any atom is -0.368 e. The predicted molar refractivity (Wildman–Crippen MR) is 114 cm³/mol. The largest absolute Gasteiger partial charge is 0.391 e. The molecule has 3 heterocycles. The van der Waals surface area contributed by atoms with Crippen LogP contribution in [0.3, 0.4) is 0 Å². The smallest absolute Gasteiger partial charge is 0.368 e. The third kappa shape index (κ3) is 5.26. The summed E-state index contributed by atoms with van der Waals surface area (Å²) >= 11 is 0. The summed E-state index contributed by atoms with van der Waals surface area (Å²) in [5, 5.41) is 5.90. The Hall–Kier alpha value is -2.75. The Morgan fingerprint density at radius 1 is 1.21 bits per heavy atom. The maximum absolute atomic E-state index is 14.0. The zero-order valence-electron chi connectivity index (χ0n) is 18.1. The fourth-order valence-electron chi connectivity index (χ4n) is 4.86. The molecule has 1 aromatic heterocycles. The van der Waals surface area contributed by atoms with Crippen molar-refractivity contribution in [2.45, 2.75) is 50.4 Å². The van der Waals surface area contributed by atoms with Crippen molar-refractivity contribution in [3.8, 4) is 11.1 Å². The van der Waals surface area contributed by atoms with Gasteiger partial charge in [0.15, 0.2) is 0 Å². The number of carbonyl (C=O) groups is 1. The van der Waals surface area contributed by atoms with Gasteiger partial charge < -0.3 is 15.5 Å². The summed E-state index contributed by atoms with van der Waals surface area (Å²) in [6.07, 6.45) is -0.0874. The quantitative estimate of drug-likeness (QED) is 0.638. The van der Waals surface area contributed by atoms with Gasteiger partial charge in [0.05, 0.1) is 17.7 Å². The highest BCUT2D eigenvalue weighted by Gasteiger charge is 2.41. The SMILES string of the molecule is C[C@H](CC(F)(F)F)NC(=O)c1cncc(-c2cc(F)cc(F)c2)c1N1CC[C@@]2(CCCN2)C1. The number of nitrogens with one attached hydrogen (secondary N) is 2. The molecule has 1 aromatic carbocycles. The highest BCUT2D eigenvalue weighted by atomic mass is 19.4. The topological polar surface area (TPSA) is 57.3 Å². The van der Waals surface area contributed by atoms with Gasteiger partial charge in [-0.15, -0.1) is 0 Å². The predicted octanol–water partition coefficient (Wildman–Crippen LogP) is 4.43. The lowest BCUT2D eigenvalue weighted by Gasteiger charge is -2.28. The Morgan fingerprint density at radius 2 is 1.94 bits per heavy atom. The number of carbonyl (C=O) groups excluding carboxylic acids is 1. The van der Waals surface area contributed by atoms with Crippen molar-refractivity contribution in [3.05, 3.63) is 47.8 Å². The van der Waals surface area contributed by atoms with E-state index in [1.165, 1.54) is 19.3 Å². The van der Waals surface area contributed by atoms with Crippen LogP contribution >= 0.6 is 0 Å². The minimum absolute atomic E-state index is 0.0706. The van der Waals surface area contributed by atoms with E-state index in [1.807, 2.05) is 4.90 Å². The van der Waals surface area contributed by atoms with Crippen LogP contribution < -0.4 is 15.5 Å². The second-order valence-corrected chi connectivity index (χ2v) is 8.92. The Labute approximate surface area is 188 Å². The molecule has 2 aliphatic rings. The van der Waals surface area contributed by atoms with Gasteiger partial charge in [0.2, 0.25) is 0 Å². The van der Waals surface area contributed by atoms with Crippen LogP contribution in [0.25, 0.3) is 11.1 Å². The molecule has 33 heavy (non-hydrogen) atoms. The van der Waals surface area contributed by atoms with Crippen LogP contribution in [0, 0.1) is 11.6 Å². The molecule has 2 atom stereocenters. The molecule has 2 aliphatic heterocycles. The number of benzene rings is 1. The number of anilines is 1. The first-order chi connectivity index (χ1) is 15.6. The number of hydrogen-bond acceptors (Lipinski definition) is 4. The van der Waals surface area contributed by atoms with E-state index >= 15 is 0 Å². The van der Waals surface area contributed by atoms with Crippen molar-refractivity contribution in [3.63, 3.8) is 0 Å². The second kappa shape index (κ2) is 8.89. The normalized spacial score (nSPS) is 21.6. The molecule has 1 spiro atoms. The number of halogens is 5. The summed E-state index contributed by atoms with van der Waals surface area (Å²) in [5.41, 5.74) is 0.914. The number of pyridine rings is 1. The second-order valence-electron chi connectivity index (χ2n) is 8.92. The van der Waals surface area contributed by atoms with Crippen LogP contribution in [0.15, 0.2) is 30.6 Å². The van der Waals surface area contributed by atoms with E-state index in [-0.39, 0.29) is 16.7 Å². The monoisotopic (exact) mass is 468 g/mol. The van der Waals surface area contributed by atoms with Gasteiger partial charge in [-0.05, 0) is 50.4 Å². The summed E-state index contributed by atoms with van der Waals surface area (Å²) in [4.78, 5) is 19.1. The molecule has 2 N–H and O–H groups in total. The lowest BCUT2D eigenvalue weighted by molar-refractivity contribution is -0.138. The molecule has 0 aliphatic carbocycles. The summed E-state index contributed by atoms with van der Waals surface area (Å²) in [7, 11) is 0. The molecule has 4 rings (SSSR count). The van der Waals surface area contributed by atoms with Gasteiger partial charge in [-0.3, -0.25) is 9.78 Å². The minimum atomic E-state index is -4.43. The Bertz CT molecular complexity index is 1020. The lowest BCUT2D eigenvalue weighted by Crippen LogP contribution is -2.43. The molecular formula is C23H25F5N4O. The van der Waals surface area contributed by atoms with E-state index in [0.29, 0.717) is 24.3 Å². The van der Waals surface area contributed by atoms with E-state index in [4.69, 9.17) is 0 Å². The standard InChI is InChI=1S/C23H25F5N4O/c1-14(10-23(26,27)28)31-21(33)19-12-29-11-18(15-7-16(24)9-17(25)8-15)20(19)32-6-4-22(13-32)3-2-5-30-22/h7-9,11-12,14,30H,2-6,10,13H2,1H3,(H,31,33)/t14-,22+/m1/s1. The van der Waals surface area contributed by atoms with Gasteiger partial charge in [-0.2, -0.15) is 13.2 Å². The summed E-state index contributed by atoms with van der Waals surface area (Å²) in [5.74, 6) is -2.27. The van der Waals surface area contributed by atoms with E-state index in [0.717, 1.165) is 44.0 Å². The molecule has 0 radical (unpaired) electrons. The molecule has 2 saturated heterocycles. The van der Waals surface area contributed by atoms with Gasteiger partial charge >= 0.3 is 6.18 Å². The van der Waals surface area contributed by atoms with Crippen LogP contribution in [-0.4, -0.2) is 48.3 Å². The summed E-state index contributed by atoms with van der Waals surface area (Å²) < 4.78 is 66.3. The number of alkyl halides is 3. The molecule has 2 fully saturated rings. The first-order valence-electron chi connectivity index (χ1n) is 10.9. The van der Waals surface area contributed by atoms with Crippen LogP contribution in [0.1, 0.15) is 43.0 Å². The van der Waals surface area contributed by atoms with E-state index in [1.54, 1.807) is 0 Å². The van der Waals surface area contributed by atoms with Crippen LogP contribution in [0.5, 0.6) is 0 Å². The Kier molecular flexibility index (Phi) is 6.30. The van der Waals surface area contributed by atoms with Crippen molar-refractivity contribution in [1.29, 1.82) is 0 Å². The highest BCUT2D eigenvalue weighted by molar-refractivity contribution is 6.03. The maximum Gasteiger partial charge on any atom is 0.391 e. The third-order valence-corrected chi connectivity index (χ3v) is 6.25. The van der Waals surface area contributed by atoms with Gasteiger partial charge in [0, 0.05) is 48.7 Å². The molecule has 2 aromatic rings. The van der Waals surface area contributed by atoms with Crippen LogP contribution in [0.2, 0.25) is 0 Å². The molecule has 0 unspecified atom stereocenters. The molecule has 0 saturated carbocycles. The third-order valence-electron chi connectivity index (χ3n) is 6.25. The van der Waals surface area contributed by atoms with E-state index in [9.17, 15) is 26.7 Å². The number of hydrogen-bond donors (Lipinski definition) is 2. The number of amides is 1. The van der Waals surface area contributed by atoms with Crippen LogP contribution in [-0.2, 0) is 0 Å². The molecule has 10 heteroatoms. The first-order valence-corrected chi connectivity index (χ1v) is 10.9. The van der Waals surface area contributed by atoms with Crippen LogP contribution in [0.4, 0.5) is 27.6 Å². The zero-order valence-corrected chi connectivity index (χ0v) is 18.1. The van der Waals surface area contributed by atoms with Crippen molar-refractivity contribution in [1.82, 2.24) is 15.6 Å². The zero-order chi connectivity index (χ0) is 23.8. The van der Waals surface area contributed by atoms with Crippen molar-refractivity contribution >= 4 is 11.6 Å². The van der Waals surface area contributed by atoms with Crippen molar-refractivity contribution < 1.29 is 26.7 Å². The maximum atomic E-state index is 14.0. The molecular weight excluding hydrogens is 443 g/mol. The lowest BCUT2D eigenvalue weighted by atomic mass is 9.96. The van der Waals surface area contributed by atoms with E-state index < -0.39 is 36.2 Å². The van der Waals surface area contributed by atoms with Gasteiger partial charge in [-0.1, -0.05) is 0 Å². The van der Waals surface area contributed by atoms with Gasteiger partial charge in [-0.25, -0.2) is 8.78 Å². The number of rotatable bonds is 5.